The predicted octanol–water partition coefficient (Wildman–Crippen LogP) is 3.26. The topological polar surface area (TPSA) is 110 Å². The number of aromatic nitrogens is 2. The number of nitrogens with zero attached hydrogens (tertiary/aromatic N) is 1. The smallest absolute Gasteiger partial charge is 0.253 e. The van der Waals surface area contributed by atoms with Crippen LogP contribution in [0.15, 0.2) is 70.6 Å². The largest absolute Gasteiger partial charge is 0.457 e. The molecular weight excluding hydrogens is 364 g/mol. The van der Waals surface area contributed by atoms with Crippen LogP contribution in [-0.4, -0.2) is 21.1 Å². The molecule has 7 nitrogen and oxygen atoms in total. The van der Waals surface area contributed by atoms with Gasteiger partial charge >= 0.3 is 0 Å². The maximum absolute atomic E-state index is 12.3. The molecule has 0 saturated carbocycles. The molecule has 0 fully saturated rings. The lowest BCUT2D eigenvalue weighted by atomic mass is 10.3. The highest BCUT2D eigenvalue weighted by Crippen LogP contribution is 2.24. The second kappa shape index (κ2) is 8.41. The van der Waals surface area contributed by atoms with E-state index in [1.165, 1.54) is 6.07 Å². The lowest BCUT2D eigenvalue weighted by molar-refractivity contribution is -0.115. The quantitative estimate of drug-likeness (QED) is 0.446. The number of ether oxygens (including phenoxy) is 1. The number of hydrogen-bond donors (Lipinski definition) is 3. The number of benzene rings is 2. The van der Waals surface area contributed by atoms with Gasteiger partial charge in [0, 0.05) is 11.8 Å². The van der Waals surface area contributed by atoms with Crippen LogP contribution in [0.25, 0.3) is 0 Å². The Labute approximate surface area is 160 Å². The van der Waals surface area contributed by atoms with Gasteiger partial charge in [0.05, 0.1) is 5.25 Å². The third-order valence-corrected chi connectivity index (χ3v) is 4.48. The summed E-state index contributed by atoms with van der Waals surface area (Å²) in [5.74, 6) is 1.30. The number of nitrogens with two attached hydrogens (primary N) is 1. The number of nitrogen functional groups attached to an aromatic ring is 1. The van der Waals surface area contributed by atoms with Crippen molar-refractivity contribution in [1.82, 2.24) is 9.97 Å². The highest BCUT2D eigenvalue weighted by atomic mass is 32.2. The van der Waals surface area contributed by atoms with Crippen molar-refractivity contribution in [1.29, 1.82) is 0 Å². The molecule has 1 heterocycles. The molecule has 0 bridgehead atoms. The maximum Gasteiger partial charge on any atom is 0.253 e. The van der Waals surface area contributed by atoms with E-state index in [4.69, 9.17) is 10.5 Å². The third kappa shape index (κ3) is 5.35. The highest BCUT2D eigenvalue weighted by molar-refractivity contribution is 8.00. The Morgan fingerprint density at radius 2 is 1.81 bits per heavy atom. The van der Waals surface area contributed by atoms with Crippen molar-refractivity contribution in [3.05, 3.63) is 71.0 Å². The predicted molar refractivity (Wildman–Crippen MR) is 106 cm³/mol. The van der Waals surface area contributed by atoms with Crippen LogP contribution in [0.2, 0.25) is 0 Å². The average Bonchev–Trinajstić information content (AvgIpc) is 2.63. The number of carbonyl (C=O) groups is 1. The molecule has 2 aromatic carbocycles. The molecular formula is C19H18N4O3S. The van der Waals surface area contributed by atoms with E-state index in [9.17, 15) is 9.59 Å². The Morgan fingerprint density at radius 3 is 2.48 bits per heavy atom. The summed E-state index contributed by atoms with van der Waals surface area (Å²) < 4.78 is 5.72. The van der Waals surface area contributed by atoms with Gasteiger partial charge in [-0.2, -0.15) is 0 Å². The lowest BCUT2D eigenvalue weighted by Crippen LogP contribution is -2.23. The first kappa shape index (κ1) is 18.5. The van der Waals surface area contributed by atoms with Crippen LogP contribution in [-0.2, 0) is 4.79 Å². The summed E-state index contributed by atoms with van der Waals surface area (Å²) >= 11 is 1.12. The Bertz CT molecular complexity index is 974. The highest BCUT2D eigenvalue weighted by Gasteiger charge is 2.16. The first-order valence-corrected chi connectivity index (χ1v) is 9.05. The first-order chi connectivity index (χ1) is 13.0. The first-order valence-electron chi connectivity index (χ1n) is 8.17. The summed E-state index contributed by atoms with van der Waals surface area (Å²) in [7, 11) is 0. The zero-order valence-electron chi connectivity index (χ0n) is 14.5. The van der Waals surface area contributed by atoms with Crippen LogP contribution in [0, 0.1) is 0 Å². The normalized spacial score (nSPS) is 11.6. The zero-order valence-corrected chi connectivity index (χ0v) is 15.3. The van der Waals surface area contributed by atoms with E-state index in [1.807, 2.05) is 30.3 Å². The maximum atomic E-state index is 12.3. The molecule has 3 aromatic rings. The Morgan fingerprint density at radius 1 is 1.15 bits per heavy atom. The summed E-state index contributed by atoms with van der Waals surface area (Å²) in [4.78, 5) is 30.3. The molecule has 0 unspecified atom stereocenters. The summed E-state index contributed by atoms with van der Waals surface area (Å²) in [6.07, 6.45) is 0. The number of hydrogen-bond acceptors (Lipinski definition) is 6. The minimum atomic E-state index is -0.477. The fourth-order valence-corrected chi connectivity index (χ4v) is 3.02. The zero-order chi connectivity index (χ0) is 19.2. The molecule has 0 spiro atoms. The van der Waals surface area contributed by atoms with Crippen molar-refractivity contribution in [3.8, 4) is 11.5 Å². The van der Waals surface area contributed by atoms with E-state index >= 15 is 0 Å². The van der Waals surface area contributed by atoms with E-state index in [2.05, 4.69) is 15.3 Å². The molecule has 138 valence electrons. The molecule has 0 saturated heterocycles. The minimum Gasteiger partial charge on any atom is -0.457 e. The number of rotatable bonds is 6. The van der Waals surface area contributed by atoms with Gasteiger partial charge < -0.3 is 20.8 Å². The van der Waals surface area contributed by atoms with E-state index in [0.717, 1.165) is 17.5 Å². The lowest BCUT2D eigenvalue weighted by Gasteiger charge is -2.12. The number of anilines is 2. The number of aromatic amines is 1. The van der Waals surface area contributed by atoms with Crippen molar-refractivity contribution in [2.75, 3.05) is 11.1 Å². The summed E-state index contributed by atoms with van der Waals surface area (Å²) in [5, 5.41) is 2.64. The number of H-pyrrole nitrogens is 1. The van der Waals surface area contributed by atoms with Crippen molar-refractivity contribution in [3.63, 3.8) is 0 Å². The monoisotopic (exact) mass is 382 g/mol. The fourth-order valence-electron chi connectivity index (χ4n) is 2.20. The molecule has 1 atom stereocenters. The van der Waals surface area contributed by atoms with Crippen molar-refractivity contribution in [2.45, 2.75) is 17.3 Å². The van der Waals surface area contributed by atoms with Crippen molar-refractivity contribution < 1.29 is 9.53 Å². The van der Waals surface area contributed by atoms with Gasteiger partial charge in [0.1, 0.15) is 17.3 Å². The van der Waals surface area contributed by atoms with Gasteiger partial charge in [-0.15, -0.1) is 0 Å². The van der Waals surface area contributed by atoms with Gasteiger partial charge in [-0.05, 0) is 43.3 Å². The van der Waals surface area contributed by atoms with Crippen LogP contribution in [0.1, 0.15) is 6.92 Å². The average molecular weight is 382 g/mol. The molecule has 0 aliphatic carbocycles. The summed E-state index contributed by atoms with van der Waals surface area (Å²) in [6.45, 7) is 1.72. The van der Waals surface area contributed by atoms with Crippen molar-refractivity contribution in [2.24, 2.45) is 0 Å². The summed E-state index contributed by atoms with van der Waals surface area (Å²) in [6, 6.07) is 17.7. The molecule has 0 aliphatic rings. The number of amides is 1. The molecule has 1 aromatic heterocycles. The van der Waals surface area contributed by atoms with Crippen LogP contribution >= 0.6 is 11.8 Å². The Hall–Kier alpha value is -3.26. The Balaban J connectivity index is 1.59. The van der Waals surface area contributed by atoms with Gasteiger partial charge in [0.15, 0.2) is 5.16 Å². The van der Waals surface area contributed by atoms with Crippen molar-refractivity contribution >= 4 is 29.2 Å². The van der Waals surface area contributed by atoms with Crippen LogP contribution in [0.3, 0.4) is 0 Å². The van der Waals surface area contributed by atoms with Crippen LogP contribution in [0.5, 0.6) is 11.5 Å². The van der Waals surface area contributed by atoms with E-state index in [1.54, 1.807) is 31.2 Å². The minimum absolute atomic E-state index is 0.114. The third-order valence-electron chi connectivity index (χ3n) is 3.50. The van der Waals surface area contributed by atoms with Gasteiger partial charge in [-0.3, -0.25) is 9.59 Å². The second-order valence-corrected chi connectivity index (χ2v) is 6.99. The molecule has 0 radical (unpaired) electrons. The van der Waals surface area contributed by atoms with Crippen LogP contribution < -0.4 is 21.3 Å². The summed E-state index contributed by atoms with van der Waals surface area (Å²) in [5.41, 5.74) is 5.83. The number of nitrogens with one attached hydrogen (secondary N) is 2. The number of carbonyl (C=O) groups excluding carboxylic acids is 1. The standard InChI is InChI=1S/C19H18N4O3S/c1-12(27-19-22-16(20)11-17(24)23-19)18(25)21-13-7-9-15(10-8-13)26-14-5-3-2-4-6-14/h2-12H,1H3,(H,21,25)(H3,20,22,23,24)/t12-/m1/s1. The molecule has 3 rings (SSSR count). The molecule has 1 amide bonds. The number of para-hydroxylation sites is 1. The van der Waals surface area contributed by atoms with Crippen LogP contribution in [0.4, 0.5) is 11.5 Å². The Kier molecular flexibility index (Phi) is 5.77. The second-order valence-electron chi connectivity index (χ2n) is 5.66. The van der Waals surface area contributed by atoms with Gasteiger partial charge in [0.25, 0.3) is 5.56 Å². The van der Waals surface area contributed by atoms with E-state index in [-0.39, 0.29) is 17.3 Å². The molecule has 4 N–H and O–H groups in total. The van der Waals surface area contributed by atoms with Gasteiger partial charge in [-0.1, -0.05) is 30.0 Å². The molecule has 0 aliphatic heterocycles. The molecule has 8 heteroatoms. The van der Waals surface area contributed by atoms with E-state index in [0.29, 0.717) is 16.6 Å². The fraction of sp³-hybridized carbons (Fsp3) is 0.105. The van der Waals surface area contributed by atoms with E-state index < -0.39 is 5.25 Å². The van der Waals surface area contributed by atoms with Gasteiger partial charge in [0.2, 0.25) is 5.91 Å². The number of thioether (sulfide) groups is 1. The molecule has 27 heavy (non-hydrogen) atoms. The van der Waals surface area contributed by atoms with Gasteiger partial charge in [-0.25, -0.2) is 4.98 Å². The SMILES string of the molecule is C[C@@H](Sc1nc(N)cc(=O)[nH]1)C(=O)Nc1ccc(Oc2ccccc2)cc1.